The zero-order chi connectivity index (χ0) is 16.2. The molecule has 0 saturated heterocycles. The predicted octanol–water partition coefficient (Wildman–Crippen LogP) is -0.799. The smallest absolute Gasteiger partial charge is 0.326 e. The second-order valence-corrected chi connectivity index (χ2v) is 4.38. The lowest BCUT2D eigenvalue weighted by molar-refractivity contribution is -0.142. The molecule has 0 aliphatic heterocycles. The highest BCUT2D eigenvalue weighted by Crippen LogP contribution is 1.99. The summed E-state index contributed by atoms with van der Waals surface area (Å²) >= 11 is 0. The van der Waals surface area contributed by atoms with E-state index in [0.717, 1.165) is 0 Å². The first-order chi connectivity index (χ1) is 10.6. The largest absolute Gasteiger partial charge is 0.480 e. The Morgan fingerprint density at radius 3 is 2.68 bits per heavy atom. The molecule has 1 atom stereocenters. The molecule has 1 amide bonds. The van der Waals surface area contributed by atoms with Crippen molar-refractivity contribution in [3.05, 3.63) is 18.2 Å². The fourth-order valence-corrected chi connectivity index (χ4v) is 1.57. The number of hydrogen-bond donors (Lipinski definition) is 3. The Balaban J connectivity index is 2.19. The van der Waals surface area contributed by atoms with E-state index < -0.39 is 17.9 Å². The van der Waals surface area contributed by atoms with Crippen molar-refractivity contribution in [2.24, 2.45) is 0 Å². The van der Waals surface area contributed by atoms with E-state index in [9.17, 15) is 9.59 Å². The second kappa shape index (κ2) is 10.7. The summed E-state index contributed by atoms with van der Waals surface area (Å²) in [4.78, 5) is 29.4. The van der Waals surface area contributed by atoms with Crippen LogP contribution < -0.4 is 5.32 Å². The van der Waals surface area contributed by atoms with Crippen LogP contribution in [0.25, 0.3) is 0 Å². The summed E-state index contributed by atoms with van der Waals surface area (Å²) in [5.41, 5.74) is 0.556. The maximum atomic E-state index is 11.6. The average Bonchev–Trinajstić information content (AvgIpc) is 2.98. The van der Waals surface area contributed by atoms with Crippen molar-refractivity contribution in [2.75, 3.05) is 40.1 Å². The molecule has 0 aromatic carbocycles. The fraction of sp³-hybridized carbons (Fsp3) is 0.615. The maximum Gasteiger partial charge on any atom is 0.326 e. The molecule has 9 heteroatoms. The molecule has 1 heterocycles. The number of aromatic amines is 1. The third-order valence-electron chi connectivity index (χ3n) is 2.64. The van der Waals surface area contributed by atoms with E-state index in [1.165, 1.54) is 6.33 Å². The lowest BCUT2D eigenvalue weighted by atomic mass is 10.1. The van der Waals surface area contributed by atoms with Gasteiger partial charge < -0.3 is 29.6 Å². The number of amides is 1. The van der Waals surface area contributed by atoms with Crippen molar-refractivity contribution in [1.82, 2.24) is 15.3 Å². The molecular formula is C13H21N3O6. The fourth-order valence-electron chi connectivity index (χ4n) is 1.57. The van der Waals surface area contributed by atoms with E-state index in [1.54, 1.807) is 13.3 Å². The number of carboxylic acid groups (broad SMARTS) is 1. The predicted molar refractivity (Wildman–Crippen MR) is 75.4 cm³/mol. The molecule has 1 aromatic rings. The first-order valence-corrected chi connectivity index (χ1v) is 6.77. The monoisotopic (exact) mass is 315 g/mol. The van der Waals surface area contributed by atoms with Gasteiger partial charge in [0.15, 0.2) is 0 Å². The molecule has 0 aliphatic carbocycles. The van der Waals surface area contributed by atoms with Gasteiger partial charge in [-0.15, -0.1) is 0 Å². The van der Waals surface area contributed by atoms with E-state index in [-0.39, 0.29) is 19.6 Å². The number of hydrogen-bond acceptors (Lipinski definition) is 6. The van der Waals surface area contributed by atoms with Gasteiger partial charge in [-0.3, -0.25) is 4.79 Å². The molecule has 0 radical (unpaired) electrons. The molecule has 0 saturated carbocycles. The van der Waals surface area contributed by atoms with Crippen molar-refractivity contribution >= 4 is 11.9 Å². The summed E-state index contributed by atoms with van der Waals surface area (Å²) in [5, 5.41) is 11.5. The SMILES string of the molecule is COCCOCCOCC(=O)NC(Cc1c[nH]cn1)C(=O)O. The number of nitrogens with one attached hydrogen (secondary N) is 2. The Morgan fingerprint density at radius 2 is 2.05 bits per heavy atom. The van der Waals surface area contributed by atoms with Crippen molar-refractivity contribution in [1.29, 1.82) is 0 Å². The summed E-state index contributed by atoms with van der Waals surface area (Å²) in [6.45, 7) is 1.31. The number of carboxylic acids is 1. The van der Waals surface area contributed by atoms with Crippen LogP contribution in [0, 0.1) is 0 Å². The number of ether oxygens (including phenoxy) is 3. The van der Waals surface area contributed by atoms with Gasteiger partial charge in [-0.2, -0.15) is 0 Å². The van der Waals surface area contributed by atoms with Crippen molar-refractivity contribution in [3.8, 4) is 0 Å². The molecule has 0 bridgehead atoms. The topological polar surface area (TPSA) is 123 Å². The summed E-state index contributed by atoms with van der Waals surface area (Å²) in [7, 11) is 1.58. The van der Waals surface area contributed by atoms with Crippen LogP contribution in [0.15, 0.2) is 12.5 Å². The van der Waals surface area contributed by atoms with Gasteiger partial charge in [-0.25, -0.2) is 9.78 Å². The molecule has 124 valence electrons. The molecule has 0 aliphatic rings. The molecule has 0 fully saturated rings. The van der Waals surface area contributed by atoms with Crippen LogP contribution in [0.1, 0.15) is 5.69 Å². The van der Waals surface area contributed by atoms with Gasteiger partial charge in [0.05, 0.1) is 38.4 Å². The molecule has 9 nitrogen and oxygen atoms in total. The van der Waals surface area contributed by atoms with Crippen molar-refractivity contribution in [3.63, 3.8) is 0 Å². The molecule has 1 unspecified atom stereocenters. The van der Waals surface area contributed by atoms with Crippen LogP contribution in [0.3, 0.4) is 0 Å². The standard InChI is InChI=1S/C13H21N3O6/c1-20-2-3-21-4-5-22-8-12(17)16-11(13(18)19)6-10-7-14-9-15-10/h7,9,11H,2-6,8H2,1H3,(H,14,15)(H,16,17)(H,18,19). The van der Waals surface area contributed by atoms with Crippen LogP contribution >= 0.6 is 0 Å². The van der Waals surface area contributed by atoms with E-state index in [4.69, 9.17) is 19.3 Å². The van der Waals surface area contributed by atoms with Crippen LogP contribution in [0.5, 0.6) is 0 Å². The number of methoxy groups -OCH3 is 1. The van der Waals surface area contributed by atoms with Crippen LogP contribution in [-0.4, -0.2) is 73.1 Å². The molecule has 3 N–H and O–H groups in total. The zero-order valence-electron chi connectivity index (χ0n) is 12.4. The van der Waals surface area contributed by atoms with Gasteiger partial charge in [-0.1, -0.05) is 0 Å². The summed E-state index contributed by atoms with van der Waals surface area (Å²) < 4.78 is 15.1. The molecular weight excluding hydrogens is 294 g/mol. The molecule has 1 rings (SSSR count). The van der Waals surface area contributed by atoms with Gasteiger partial charge in [0, 0.05) is 19.7 Å². The number of nitrogens with zero attached hydrogens (tertiary/aromatic N) is 1. The highest BCUT2D eigenvalue weighted by molar-refractivity contribution is 5.84. The Morgan fingerprint density at radius 1 is 1.32 bits per heavy atom. The van der Waals surface area contributed by atoms with Crippen LogP contribution in [0.2, 0.25) is 0 Å². The van der Waals surface area contributed by atoms with Gasteiger partial charge in [0.25, 0.3) is 0 Å². The van der Waals surface area contributed by atoms with Gasteiger partial charge in [-0.05, 0) is 0 Å². The minimum atomic E-state index is -1.13. The van der Waals surface area contributed by atoms with Crippen LogP contribution in [0.4, 0.5) is 0 Å². The van der Waals surface area contributed by atoms with E-state index in [1.807, 2.05) is 0 Å². The number of H-pyrrole nitrogens is 1. The number of imidazole rings is 1. The first-order valence-electron chi connectivity index (χ1n) is 6.77. The highest BCUT2D eigenvalue weighted by atomic mass is 16.5. The minimum absolute atomic E-state index is 0.102. The van der Waals surface area contributed by atoms with Crippen molar-refractivity contribution in [2.45, 2.75) is 12.5 Å². The number of carbonyl (C=O) groups is 2. The molecule has 0 spiro atoms. The first kappa shape index (κ1) is 18.1. The number of aromatic nitrogens is 2. The van der Waals surface area contributed by atoms with E-state index in [2.05, 4.69) is 15.3 Å². The van der Waals surface area contributed by atoms with Crippen LogP contribution in [-0.2, 0) is 30.2 Å². The zero-order valence-corrected chi connectivity index (χ0v) is 12.4. The molecule has 1 aromatic heterocycles. The van der Waals surface area contributed by atoms with Crippen molar-refractivity contribution < 1.29 is 28.9 Å². The second-order valence-electron chi connectivity index (χ2n) is 4.38. The quantitative estimate of drug-likeness (QED) is 0.432. The highest BCUT2D eigenvalue weighted by Gasteiger charge is 2.21. The molecule has 22 heavy (non-hydrogen) atoms. The normalized spacial score (nSPS) is 12.0. The lowest BCUT2D eigenvalue weighted by Crippen LogP contribution is -2.44. The van der Waals surface area contributed by atoms with E-state index in [0.29, 0.717) is 25.5 Å². The van der Waals surface area contributed by atoms with Gasteiger partial charge in [0.2, 0.25) is 5.91 Å². The summed E-state index contributed by atoms with van der Waals surface area (Å²) in [5.74, 6) is -1.63. The third-order valence-corrected chi connectivity index (χ3v) is 2.64. The maximum absolute atomic E-state index is 11.6. The van der Waals surface area contributed by atoms with Gasteiger partial charge in [0.1, 0.15) is 12.6 Å². The number of carbonyl (C=O) groups excluding carboxylic acids is 1. The Kier molecular flexibility index (Phi) is 8.80. The van der Waals surface area contributed by atoms with Gasteiger partial charge >= 0.3 is 5.97 Å². The minimum Gasteiger partial charge on any atom is -0.480 e. The van der Waals surface area contributed by atoms with E-state index >= 15 is 0 Å². The Labute approximate surface area is 128 Å². The lowest BCUT2D eigenvalue weighted by Gasteiger charge is -2.13. The number of rotatable bonds is 12. The summed E-state index contributed by atoms with van der Waals surface area (Å²) in [6.07, 6.45) is 3.13. The third kappa shape index (κ3) is 7.72. The summed E-state index contributed by atoms with van der Waals surface area (Å²) in [6, 6.07) is -1.04. The average molecular weight is 315 g/mol. The Hall–Kier alpha value is -1.97. The Bertz CT molecular complexity index is 437. The number of aliphatic carboxylic acids is 1.